The van der Waals surface area contributed by atoms with E-state index in [0.717, 1.165) is 11.1 Å². The number of carbonyl (C=O) groups is 1. The summed E-state index contributed by atoms with van der Waals surface area (Å²) in [6.07, 6.45) is 0.332. The highest BCUT2D eigenvalue weighted by atomic mass is 16.5. The van der Waals surface area contributed by atoms with Gasteiger partial charge in [0.2, 0.25) is 0 Å². The molecule has 0 bridgehead atoms. The number of ketones is 1. The molecule has 0 N–H and O–H groups in total. The van der Waals surface area contributed by atoms with E-state index in [1.807, 2.05) is 31.2 Å². The number of rotatable bonds is 5. The van der Waals surface area contributed by atoms with E-state index in [0.29, 0.717) is 23.5 Å². The Morgan fingerprint density at radius 1 is 1.00 bits per heavy atom. The number of Topliss-reactive ketones (excluding diaryl/α,β-unsaturated/α-hetero) is 1. The smallest absolute Gasteiger partial charge is 0.174 e. The second-order valence-corrected chi connectivity index (χ2v) is 4.63. The molecule has 2 rings (SSSR count). The van der Waals surface area contributed by atoms with Crippen molar-refractivity contribution in [3.8, 4) is 11.5 Å². The van der Waals surface area contributed by atoms with Gasteiger partial charge in [-0.15, -0.1) is 0 Å². The number of aryl methyl sites for hydroxylation is 1. The molecule has 0 atom stereocenters. The first-order valence-electron chi connectivity index (χ1n) is 6.45. The highest BCUT2D eigenvalue weighted by Crippen LogP contribution is 2.29. The van der Waals surface area contributed by atoms with Gasteiger partial charge in [-0.2, -0.15) is 0 Å². The van der Waals surface area contributed by atoms with Crippen molar-refractivity contribution in [1.82, 2.24) is 0 Å². The van der Waals surface area contributed by atoms with Crippen molar-refractivity contribution in [2.75, 3.05) is 14.2 Å². The van der Waals surface area contributed by atoms with Crippen molar-refractivity contribution in [3.05, 3.63) is 59.2 Å². The molecule has 0 aliphatic heterocycles. The third-order valence-corrected chi connectivity index (χ3v) is 3.15. The van der Waals surface area contributed by atoms with Crippen LogP contribution in [0.25, 0.3) is 0 Å². The first kappa shape index (κ1) is 14.1. The lowest BCUT2D eigenvalue weighted by Gasteiger charge is -2.12. The van der Waals surface area contributed by atoms with Crippen LogP contribution in [0.15, 0.2) is 42.5 Å². The maximum Gasteiger partial charge on any atom is 0.174 e. The number of carbonyl (C=O) groups excluding carboxylic acids is 1. The van der Waals surface area contributed by atoms with E-state index in [9.17, 15) is 4.79 Å². The summed E-state index contributed by atoms with van der Waals surface area (Å²) < 4.78 is 10.5. The summed E-state index contributed by atoms with van der Waals surface area (Å²) in [7, 11) is 3.11. The van der Waals surface area contributed by atoms with E-state index in [2.05, 4.69) is 0 Å². The number of hydrogen-bond donors (Lipinski definition) is 0. The molecule has 0 radical (unpaired) electrons. The monoisotopic (exact) mass is 270 g/mol. The average Bonchev–Trinajstić information content (AvgIpc) is 2.46. The van der Waals surface area contributed by atoms with Crippen LogP contribution < -0.4 is 9.47 Å². The molecule has 0 saturated carbocycles. The Morgan fingerprint density at radius 2 is 1.60 bits per heavy atom. The molecule has 20 heavy (non-hydrogen) atoms. The summed E-state index contributed by atoms with van der Waals surface area (Å²) in [5.41, 5.74) is 2.63. The molecule has 104 valence electrons. The summed E-state index contributed by atoms with van der Waals surface area (Å²) in [4.78, 5) is 12.5. The van der Waals surface area contributed by atoms with Crippen LogP contribution in [0.4, 0.5) is 0 Å². The quantitative estimate of drug-likeness (QED) is 0.781. The molecule has 2 aromatic rings. The molecular weight excluding hydrogens is 252 g/mol. The van der Waals surface area contributed by atoms with Gasteiger partial charge in [0, 0.05) is 6.42 Å². The molecule has 0 aliphatic carbocycles. The Balaban J connectivity index is 2.33. The average molecular weight is 270 g/mol. The molecule has 0 spiro atoms. The van der Waals surface area contributed by atoms with Gasteiger partial charge in [-0.1, -0.05) is 35.9 Å². The predicted octanol–water partition coefficient (Wildman–Crippen LogP) is 3.44. The summed E-state index contributed by atoms with van der Waals surface area (Å²) in [5.74, 6) is 1.08. The first-order chi connectivity index (χ1) is 9.65. The minimum absolute atomic E-state index is 0.00935. The van der Waals surface area contributed by atoms with E-state index >= 15 is 0 Å². The van der Waals surface area contributed by atoms with Crippen molar-refractivity contribution in [3.63, 3.8) is 0 Å². The van der Waals surface area contributed by atoms with Crippen LogP contribution in [0.5, 0.6) is 11.5 Å². The van der Waals surface area contributed by atoms with Crippen molar-refractivity contribution in [1.29, 1.82) is 0 Å². The van der Waals surface area contributed by atoms with Gasteiger partial charge in [0.15, 0.2) is 5.78 Å². The van der Waals surface area contributed by atoms with Gasteiger partial charge in [-0.05, 0) is 24.6 Å². The number of benzene rings is 2. The van der Waals surface area contributed by atoms with Gasteiger partial charge in [-0.3, -0.25) is 4.79 Å². The molecule has 0 fully saturated rings. The number of ether oxygens (including phenoxy) is 2. The summed E-state index contributed by atoms with van der Waals surface area (Å²) in [5, 5.41) is 0. The van der Waals surface area contributed by atoms with Crippen molar-refractivity contribution >= 4 is 5.78 Å². The van der Waals surface area contributed by atoms with Crippen LogP contribution in [-0.2, 0) is 6.42 Å². The van der Waals surface area contributed by atoms with Crippen LogP contribution in [-0.4, -0.2) is 20.0 Å². The largest absolute Gasteiger partial charge is 0.496 e. The highest BCUT2D eigenvalue weighted by Gasteiger charge is 2.18. The second kappa shape index (κ2) is 6.24. The zero-order valence-corrected chi connectivity index (χ0v) is 12.0. The van der Waals surface area contributed by atoms with E-state index in [1.54, 1.807) is 32.4 Å². The highest BCUT2D eigenvalue weighted by molar-refractivity contribution is 6.02. The van der Waals surface area contributed by atoms with Gasteiger partial charge in [0.05, 0.1) is 14.2 Å². The van der Waals surface area contributed by atoms with E-state index in [4.69, 9.17) is 9.47 Å². The van der Waals surface area contributed by atoms with Crippen molar-refractivity contribution in [2.45, 2.75) is 13.3 Å². The van der Waals surface area contributed by atoms with E-state index in [-0.39, 0.29) is 5.78 Å². The Hall–Kier alpha value is -2.29. The fourth-order valence-corrected chi connectivity index (χ4v) is 2.22. The topological polar surface area (TPSA) is 35.5 Å². The lowest BCUT2D eigenvalue weighted by molar-refractivity contribution is 0.0987. The molecule has 0 unspecified atom stereocenters. The van der Waals surface area contributed by atoms with Crippen molar-refractivity contribution in [2.24, 2.45) is 0 Å². The normalized spacial score (nSPS) is 10.2. The van der Waals surface area contributed by atoms with Crippen LogP contribution >= 0.6 is 0 Å². The minimum atomic E-state index is -0.00935. The molecule has 0 aromatic heterocycles. The van der Waals surface area contributed by atoms with E-state index in [1.165, 1.54) is 0 Å². The molecule has 3 nitrogen and oxygen atoms in total. The van der Waals surface area contributed by atoms with Crippen molar-refractivity contribution < 1.29 is 14.3 Å². The number of hydrogen-bond acceptors (Lipinski definition) is 3. The van der Waals surface area contributed by atoms with E-state index < -0.39 is 0 Å². The third kappa shape index (κ3) is 2.99. The molecule has 0 saturated heterocycles. The SMILES string of the molecule is COc1cccc(OC)c1C(=O)Cc1cccc(C)c1. The molecule has 3 heteroatoms. The molecule has 0 amide bonds. The summed E-state index contributed by atoms with van der Waals surface area (Å²) in [6.45, 7) is 2.01. The summed E-state index contributed by atoms with van der Waals surface area (Å²) in [6, 6.07) is 13.3. The molecule has 0 heterocycles. The van der Waals surface area contributed by atoms with Gasteiger partial charge in [-0.25, -0.2) is 0 Å². The number of methoxy groups -OCH3 is 2. The third-order valence-electron chi connectivity index (χ3n) is 3.15. The maximum atomic E-state index is 12.5. The predicted molar refractivity (Wildman–Crippen MR) is 78.8 cm³/mol. The Morgan fingerprint density at radius 3 is 2.15 bits per heavy atom. The lowest BCUT2D eigenvalue weighted by atomic mass is 10.00. The summed E-state index contributed by atoms with van der Waals surface area (Å²) >= 11 is 0. The zero-order valence-electron chi connectivity index (χ0n) is 12.0. The van der Waals surface area contributed by atoms with Crippen LogP contribution in [0.2, 0.25) is 0 Å². The zero-order chi connectivity index (χ0) is 14.5. The Bertz CT molecular complexity index is 595. The van der Waals surface area contributed by atoms with Gasteiger partial charge in [0.1, 0.15) is 17.1 Å². The second-order valence-electron chi connectivity index (χ2n) is 4.63. The van der Waals surface area contributed by atoms with Crippen LogP contribution in [0.1, 0.15) is 21.5 Å². The Kier molecular flexibility index (Phi) is 4.41. The van der Waals surface area contributed by atoms with Crippen LogP contribution in [0.3, 0.4) is 0 Å². The lowest BCUT2D eigenvalue weighted by Crippen LogP contribution is -2.08. The minimum Gasteiger partial charge on any atom is -0.496 e. The first-order valence-corrected chi connectivity index (χ1v) is 6.45. The standard InChI is InChI=1S/C17H18O3/c1-12-6-4-7-13(10-12)11-14(18)17-15(19-2)8-5-9-16(17)20-3/h4-10H,11H2,1-3H3. The van der Waals surface area contributed by atoms with Gasteiger partial charge >= 0.3 is 0 Å². The molecule has 0 aliphatic rings. The molecule has 2 aromatic carbocycles. The fraction of sp³-hybridized carbons (Fsp3) is 0.235. The fourth-order valence-electron chi connectivity index (χ4n) is 2.22. The van der Waals surface area contributed by atoms with Crippen LogP contribution in [0, 0.1) is 6.92 Å². The van der Waals surface area contributed by atoms with Gasteiger partial charge < -0.3 is 9.47 Å². The Labute approximate surface area is 119 Å². The van der Waals surface area contributed by atoms with Gasteiger partial charge in [0.25, 0.3) is 0 Å². The molecular formula is C17H18O3. The maximum absolute atomic E-state index is 12.5.